The number of nitrogens with one attached hydrogen (secondary N) is 1. The van der Waals surface area contributed by atoms with E-state index in [0.717, 1.165) is 6.07 Å². The molecule has 0 unspecified atom stereocenters. The van der Waals surface area contributed by atoms with Crippen molar-refractivity contribution in [3.8, 4) is 17.2 Å². The Balaban J connectivity index is 1.77. The molecule has 3 aromatic rings. The maximum absolute atomic E-state index is 13.5. The average molecular weight is 521 g/mol. The first-order valence-electron chi connectivity index (χ1n) is 11.5. The first-order chi connectivity index (χ1) is 17.6. The maximum atomic E-state index is 13.5. The van der Waals surface area contributed by atoms with Crippen molar-refractivity contribution in [3.63, 3.8) is 0 Å². The summed E-state index contributed by atoms with van der Waals surface area (Å²) in [4.78, 5) is 35.5. The molecular formula is C24H26F3N5O5. The van der Waals surface area contributed by atoms with E-state index in [4.69, 9.17) is 19.6 Å². The second kappa shape index (κ2) is 10.3. The topological polar surface area (TPSA) is 133 Å². The molecule has 10 nitrogen and oxygen atoms in total. The summed E-state index contributed by atoms with van der Waals surface area (Å²) < 4.78 is 56.0. The zero-order valence-electron chi connectivity index (χ0n) is 20.4. The number of fused-ring (bicyclic) bond motifs is 1. The third-order valence-electron chi connectivity index (χ3n) is 6.18. The molecule has 4 rings (SSSR count). The molecule has 198 valence electrons. The van der Waals surface area contributed by atoms with Crippen LogP contribution < -0.4 is 15.8 Å². The molecule has 3 N–H and O–H groups in total. The molecule has 0 radical (unpaired) electrons. The average Bonchev–Trinajstić information content (AvgIpc) is 3.51. The van der Waals surface area contributed by atoms with Gasteiger partial charge in [0.05, 0.1) is 20.3 Å². The third kappa shape index (κ3) is 4.96. The SMILES string of the molecule is CCOC(=O)[C@@H]1C[C@H](NC)CN1C(=O)c1nc(-c2ccc(OC)c3nc(C(F)(F)F)ccc23)oc1CN. The summed E-state index contributed by atoms with van der Waals surface area (Å²) in [5, 5.41) is 3.34. The number of aromatic nitrogens is 2. The number of nitrogens with zero attached hydrogens (tertiary/aromatic N) is 3. The molecule has 3 heterocycles. The molecule has 1 aliphatic heterocycles. The molecule has 1 fully saturated rings. The summed E-state index contributed by atoms with van der Waals surface area (Å²) in [7, 11) is 3.05. The van der Waals surface area contributed by atoms with Gasteiger partial charge >= 0.3 is 12.1 Å². The van der Waals surface area contributed by atoms with E-state index in [1.807, 2.05) is 0 Å². The van der Waals surface area contributed by atoms with Crippen molar-refractivity contribution in [3.05, 3.63) is 41.4 Å². The minimum absolute atomic E-state index is 0.0324. The van der Waals surface area contributed by atoms with Gasteiger partial charge in [-0.2, -0.15) is 13.2 Å². The highest BCUT2D eigenvalue weighted by molar-refractivity contribution is 5.99. The summed E-state index contributed by atoms with van der Waals surface area (Å²) in [6, 6.07) is 4.12. The summed E-state index contributed by atoms with van der Waals surface area (Å²) in [5.74, 6) is -0.936. The van der Waals surface area contributed by atoms with E-state index in [9.17, 15) is 22.8 Å². The summed E-state index contributed by atoms with van der Waals surface area (Å²) >= 11 is 0. The number of hydrogen-bond acceptors (Lipinski definition) is 9. The number of alkyl halides is 3. The van der Waals surface area contributed by atoms with Gasteiger partial charge in [-0.3, -0.25) is 4.79 Å². The van der Waals surface area contributed by atoms with Crippen LogP contribution in [-0.2, 0) is 22.3 Å². The lowest BCUT2D eigenvalue weighted by Crippen LogP contribution is -2.42. The van der Waals surface area contributed by atoms with Gasteiger partial charge in [-0.1, -0.05) is 0 Å². The number of nitrogens with two attached hydrogens (primary N) is 1. The molecule has 2 atom stereocenters. The lowest BCUT2D eigenvalue weighted by molar-refractivity contribution is -0.147. The monoisotopic (exact) mass is 521 g/mol. The number of carbonyl (C=O) groups excluding carboxylic acids is 2. The number of hydrogen-bond donors (Lipinski definition) is 2. The van der Waals surface area contributed by atoms with Crippen LogP contribution in [0.1, 0.15) is 35.3 Å². The lowest BCUT2D eigenvalue weighted by atomic mass is 10.1. The van der Waals surface area contributed by atoms with Crippen LogP contribution in [0, 0.1) is 0 Å². The number of likely N-dealkylation sites (N-methyl/N-ethyl adjacent to an activating group) is 1. The van der Waals surface area contributed by atoms with E-state index in [1.165, 1.54) is 24.1 Å². The molecule has 37 heavy (non-hydrogen) atoms. The minimum atomic E-state index is -4.65. The van der Waals surface area contributed by atoms with E-state index in [1.54, 1.807) is 20.0 Å². The minimum Gasteiger partial charge on any atom is -0.494 e. The number of esters is 1. The Morgan fingerprint density at radius 3 is 2.62 bits per heavy atom. The molecule has 1 aromatic carbocycles. The molecule has 0 aliphatic carbocycles. The van der Waals surface area contributed by atoms with Crippen LogP contribution >= 0.6 is 0 Å². The number of ether oxygens (including phenoxy) is 2. The number of benzene rings is 1. The lowest BCUT2D eigenvalue weighted by Gasteiger charge is -2.22. The van der Waals surface area contributed by atoms with Crippen molar-refractivity contribution in [2.75, 3.05) is 27.3 Å². The Hall–Kier alpha value is -3.71. The van der Waals surface area contributed by atoms with Gasteiger partial charge in [0, 0.05) is 23.5 Å². The summed E-state index contributed by atoms with van der Waals surface area (Å²) in [6.07, 6.45) is -4.29. The predicted molar refractivity (Wildman–Crippen MR) is 126 cm³/mol. The highest BCUT2D eigenvalue weighted by Gasteiger charge is 2.42. The van der Waals surface area contributed by atoms with Crippen molar-refractivity contribution in [1.82, 2.24) is 20.2 Å². The number of amides is 1. The highest BCUT2D eigenvalue weighted by atomic mass is 19.4. The van der Waals surface area contributed by atoms with E-state index >= 15 is 0 Å². The Kier molecular flexibility index (Phi) is 7.37. The fourth-order valence-electron chi connectivity index (χ4n) is 4.34. The molecule has 0 saturated carbocycles. The second-order valence-electron chi connectivity index (χ2n) is 8.35. The number of likely N-dealkylation sites (tertiary alicyclic amines) is 1. The number of pyridine rings is 1. The number of halogens is 3. The van der Waals surface area contributed by atoms with Crippen LogP contribution in [0.5, 0.6) is 5.75 Å². The highest BCUT2D eigenvalue weighted by Crippen LogP contribution is 2.37. The van der Waals surface area contributed by atoms with Gasteiger partial charge in [0.1, 0.15) is 23.0 Å². The van der Waals surface area contributed by atoms with Crippen molar-refractivity contribution >= 4 is 22.8 Å². The first-order valence-corrected chi connectivity index (χ1v) is 11.5. The Labute approximate surface area is 209 Å². The van der Waals surface area contributed by atoms with Crippen LogP contribution in [-0.4, -0.2) is 66.1 Å². The van der Waals surface area contributed by atoms with Gasteiger partial charge < -0.3 is 29.8 Å². The van der Waals surface area contributed by atoms with E-state index in [-0.39, 0.29) is 59.7 Å². The molecule has 0 bridgehead atoms. The maximum Gasteiger partial charge on any atom is 0.433 e. The normalized spacial score (nSPS) is 17.9. The fourth-order valence-corrected chi connectivity index (χ4v) is 4.34. The van der Waals surface area contributed by atoms with E-state index < -0.39 is 29.8 Å². The smallest absolute Gasteiger partial charge is 0.433 e. The second-order valence-corrected chi connectivity index (χ2v) is 8.35. The van der Waals surface area contributed by atoms with Crippen LogP contribution in [0.2, 0.25) is 0 Å². The van der Waals surface area contributed by atoms with Crippen LogP contribution in [0.3, 0.4) is 0 Å². The molecule has 2 aromatic heterocycles. The molecule has 1 amide bonds. The molecule has 1 saturated heterocycles. The quantitative estimate of drug-likeness (QED) is 0.450. The first kappa shape index (κ1) is 26.4. The molecule has 13 heteroatoms. The molecule has 0 spiro atoms. The zero-order valence-corrected chi connectivity index (χ0v) is 20.4. The van der Waals surface area contributed by atoms with Gasteiger partial charge in [-0.25, -0.2) is 14.8 Å². The molecule has 1 aliphatic rings. The molecular weight excluding hydrogens is 495 g/mol. The van der Waals surface area contributed by atoms with Crippen molar-refractivity contribution in [1.29, 1.82) is 0 Å². The van der Waals surface area contributed by atoms with Crippen molar-refractivity contribution < 1.29 is 36.7 Å². The fraction of sp³-hybridized carbons (Fsp3) is 0.417. The number of methoxy groups -OCH3 is 1. The third-order valence-corrected chi connectivity index (χ3v) is 6.18. The number of oxazole rings is 1. The number of rotatable bonds is 7. The van der Waals surface area contributed by atoms with Gasteiger partial charge in [-0.15, -0.1) is 0 Å². The summed E-state index contributed by atoms with van der Waals surface area (Å²) in [6.45, 7) is 1.90. The Morgan fingerprint density at radius 1 is 1.24 bits per heavy atom. The van der Waals surface area contributed by atoms with Crippen molar-refractivity contribution in [2.45, 2.75) is 38.1 Å². The van der Waals surface area contributed by atoms with Gasteiger partial charge in [0.25, 0.3) is 5.91 Å². The van der Waals surface area contributed by atoms with Crippen molar-refractivity contribution in [2.24, 2.45) is 5.73 Å². The predicted octanol–water partition coefficient (Wildman–Crippen LogP) is 2.74. The van der Waals surface area contributed by atoms with Gasteiger partial charge in [-0.05, 0) is 44.7 Å². The Bertz CT molecular complexity index is 1330. The largest absolute Gasteiger partial charge is 0.494 e. The van der Waals surface area contributed by atoms with Crippen LogP contribution in [0.25, 0.3) is 22.4 Å². The van der Waals surface area contributed by atoms with E-state index in [0.29, 0.717) is 12.0 Å². The Morgan fingerprint density at radius 2 is 2.00 bits per heavy atom. The van der Waals surface area contributed by atoms with Crippen LogP contribution in [0.4, 0.5) is 13.2 Å². The van der Waals surface area contributed by atoms with Gasteiger partial charge in [0.15, 0.2) is 11.5 Å². The summed E-state index contributed by atoms with van der Waals surface area (Å²) in [5.41, 5.74) is 4.91. The van der Waals surface area contributed by atoms with E-state index in [2.05, 4.69) is 15.3 Å². The number of carbonyl (C=O) groups is 2. The van der Waals surface area contributed by atoms with Gasteiger partial charge in [0.2, 0.25) is 5.89 Å². The standard InChI is InChI=1S/C24H26F3N5O5/c1-4-36-23(34)15-9-12(29-2)11-32(15)22(33)20-17(10-28)37-21(31-20)14-5-7-16(35-3)19-13(14)6-8-18(30-19)24(25,26)27/h5-8,12,15,29H,4,9-11,28H2,1-3H3/t12-,15-/m0/s1. The zero-order chi connectivity index (χ0) is 26.9. The van der Waals surface area contributed by atoms with Crippen LogP contribution in [0.15, 0.2) is 28.7 Å².